The summed E-state index contributed by atoms with van der Waals surface area (Å²) >= 11 is 0. The highest BCUT2D eigenvalue weighted by Crippen LogP contribution is 2.33. The van der Waals surface area contributed by atoms with Gasteiger partial charge in [0.15, 0.2) is 11.5 Å². The second-order valence-electron chi connectivity index (χ2n) is 3.89. The third-order valence-corrected chi connectivity index (χ3v) is 2.46. The van der Waals surface area contributed by atoms with Gasteiger partial charge in [0, 0.05) is 6.04 Å². The van der Waals surface area contributed by atoms with Gasteiger partial charge in [0.2, 0.25) is 0 Å². The van der Waals surface area contributed by atoms with Crippen LogP contribution in [0.3, 0.4) is 0 Å². The van der Waals surface area contributed by atoms with Crippen molar-refractivity contribution in [1.82, 2.24) is 5.32 Å². The first-order valence-electron chi connectivity index (χ1n) is 5.52. The van der Waals surface area contributed by atoms with Crippen LogP contribution in [0, 0.1) is 0 Å². The summed E-state index contributed by atoms with van der Waals surface area (Å²) in [6.45, 7) is 2.56. The predicted molar refractivity (Wildman–Crippen MR) is 61.4 cm³/mol. The second-order valence-corrected chi connectivity index (χ2v) is 3.89. The lowest BCUT2D eigenvalue weighted by atomic mass is 10.1. The standard InChI is InChI=1S/C12H15NO4/c1-8(7-14)13-12(15)9-3-2-4-10-11(9)17-6-5-16-10/h2-4,8,14H,5-7H2,1H3,(H,13,15). The molecule has 2 N–H and O–H groups in total. The molecule has 92 valence electrons. The Morgan fingerprint density at radius 1 is 1.47 bits per heavy atom. The predicted octanol–water partition coefficient (Wildman–Crippen LogP) is 0.568. The Labute approximate surface area is 99.3 Å². The van der Waals surface area contributed by atoms with E-state index in [0.29, 0.717) is 30.3 Å². The zero-order valence-corrected chi connectivity index (χ0v) is 9.60. The number of carbonyl (C=O) groups is 1. The molecule has 0 aromatic heterocycles. The van der Waals surface area contributed by atoms with Crippen LogP contribution in [0.15, 0.2) is 18.2 Å². The van der Waals surface area contributed by atoms with E-state index in [1.807, 2.05) is 0 Å². The Hall–Kier alpha value is -1.75. The molecule has 0 spiro atoms. The third-order valence-electron chi connectivity index (χ3n) is 2.46. The number of benzene rings is 1. The number of rotatable bonds is 3. The van der Waals surface area contributed by atoms with Crippen LogP contribution in [0.2, 0.25) is 0 Å². The quantitative estimate of drug-likeness (QED) is 0.806. The molecule has 1 aromatic rings. The van der Waals surface area contributed by atoms with Crippen molar-refractivity contribution in [1.29, 1.82) is 0 Å². The van der Waals surface area contributed by atoms with Gasteiger partial charge in [0.1, 0.15) is 13.2 Å². The minimum absolute atomic E-state index is 0.0991. The van der Waals surface area contributed by atoms with Gasteiger partial charge in [0.05, 0.1) is 12.2 Å². The molecule has 5 nitrogen and oxygen atoms in total. The third kappa shape index (κ3) is 2.50. The van der Waals surface area contributed by atoms with Crippen molar-refractivity contribution in [3.63, 3.8) is 0 Å². The van der Waals surface area contributed by atoms with Gasteiger partial charge in [-0.05, 0) is 19.1 Å². The molecule has 0 aliphatic carbocycles. The maximum atomic E-state index is 11.9. The van der Waals surface area contributed by atoms with Gasteiger partial charge in [0.25, 0.3) is 5.91 Å². The van der Waals surface area contributed by atoms with Crippen LogP contribution in [-0.2, 0) is 0 Å². The van der Waals surface area contributed by atoms with E-state index in [1.54, 1.807) is 25.1 Å². The van der Waals surface area contributed by atoms with E-state index in [2.05, 4.69) is 5.32 Å². The molecule has 0 fully saturated rings. The zero-order valence-electron chi connectivity index (χ0n) is 9.60. The molecule has 0 saturated carbocycles. The molecule has 1 atom stereocenters. The van der Waals surface area contributed by atoms with Crippen LogP contribution in [0.5, 0.6) is 11.5 Å². The molecule has 1 aliphatic heterocycles. The molecular formula is C12H15NO4. The topological polar surface area (TPSA) is 67.8 Å². The summed E-state index contributed by atoms with van der Waals surface area (Å²) in [6.07, 6.45) is 0. The van der Waals surface area contributed by atoms with E-state index in [4.69, 9.17) is 14.6 Å². The summed E-state index contributed by atoms with van der Waals surface area (Å²) in [7, 11) is 0. The Bertz CT molecular complexity index is 419. The van der Waals surface area contributed by atoms with Gasteiger partial charge in [-0.3, -0.25) is 4.79 Å². The number of carbonyl (C=O) groups excluding carboxylic acids is 1. The number of amides is 1. The van der Waals surface area contributed by atoms with Gasteiger partial charge < -0.3 is 19.9 Å². The highest BCUT2D eigenvalue weighted by molar-refractivity contribution is 5.98. The fourth-order valence-electron chi connectivity index (χ4n) is 1.60. The van der Waals surface area contributed by atoms with E-state index >= 15 is 0 Å². The first-order valence-corrected chi connectivity index (χ1v) is 5.52. The van der Waals surface area contributed by atoms with Crippen molar-refractivity contribution < 1.29 is 19.4 Å². The first kappa shape index (κ1) is 11.7. The monoisotopic (exact) mass is 237 g/mol. The first-order chi connectivity index (χ1) is 8.22. The van der Waals surface area contributed by atoms with E-state index < -0.39 is 0 Å². The van der Waals surface area contributed by atoms with E-state index in [1.165, 1.54) is 0 Å². The van der Waals surface area contributed by atoms with Gasteiger partial charge in [-0.15, -0.1) is 0 Å². The lowest BCUT2D eigenvalue weighted by molar-refractivity contribution is 0.0911. The number of fused-ring (bicyclic) bond motifs is 1. The average Bonchev–Trinajstić information content (AvgIpc) is 2.37. The highest BCUT2D eigenvalue weighted by Gasteiger charge is 2.20. The van der Waals surface area contributed by atoms with Crippen molar-refractivity contribution >= 4 is 5.91 Å². The Morgan fingerprint density at radius 2 is 2.24 bits per heavy atom. The number of hydrogen-bond acceptors (Lipinski definition) is 4. The molecule has 1 unspecified atom stereocenters. The molecule has 0 radical (unpaired) electrons. The van der Waals surface area contributed by atoms with Gasteiger partial charge in [-0.1, -0.05) is 6.07 Å². The van der Waals surface area contributed by atoms with Crippen LogP contribution in [-0.4, -0.2) is 36.9 Å². The summed E-state index contributed by atoms with van der Waals surface area (Å²) < 4.78 is 10.8. The number of hydrogen-bond donors (Lipinski definition) is 2. The van der Waals surface area contributed by atoms with Crippen LogP contribution in [0.1, 0.15) is 17.3 Å². The molecule has 1 heterocycles. The molecule has 1 amide bonds. The van der Waals surface area contributed by atoms with Crippen LogP contribution in [0.4, 0.5) is 0 Å². The number of para-hydroxylation sites is 1. The van der Waals surface area contributed by atoms with Crippen molar-refractivity contribution in [2.24, 2.45) is 0 Å². The minimum Gasteiger partial charge on any atom is -0.486 e. The van der Waals surface area contributed by atoms with Crippen LogP contribution >= 0.6 is 0 Å². The second kappa shape index (κ2) is 5.05. The Morgan fingerprint density at radius 3 is 3.00 bits per heavy atom. The van der Waals surface area contributed by atoms with Crippen molar-refractivity contribution in [2.45, 2.75) is 13.0 Å². The number of ether oxygens (including phenoxy) is 2. The van der Waals surface area contributed by atoms with Crippen molar-refractivity contribution in [3.8, 4) is 11.5 Å². The highest BCUT2D eigenvalue weighted by atomic mass is 16.6. The smallest absolute Gasteiger partial charge is 0.255 e. The van der Waals surface area contributed by atoms with E-state index in [0.717, 1.165) is 0 Å². The van der Waals surface area contributed by atoms with Crippen molar-refractivity contribution in [2.75, 3.05) is 19.8 Å². The Balaban J connectivity index is 2.23. The zero-order chi connectivity index (χ0) is 12.3. The van der Waals surface area contributed by atoms with Crippen LogP contribution in [0.25, 0.3) is 0 Å². The fraction of sp³-hybridized carbons (Fsp3) is 0.417. The van der Waals surface area contributed by atoms with Crippen molar-refractivity contribution in [3.05, 3.63) is 23.8 Å². The summed E-state index contributed by atoms with van der Waals surface area (Å²) in [6, 6.07) is 4.89. The van der Waals surface area contributed by atoms with Gasteiger partial charge in [-0.25, -0.2) is 0 Å². The van der Waals surface area contributed by atoms with E-state index in [-0.39, 0.29) is 18.6 Å². The van der Waals surface area contributed by atoms with E-state index in [9.17, 15) is 4.79 Å². The summed E-state index contributed by atoms with van der Waals surface area (Å²) in [5.41, 5.74) is 0.433. The van der Waals surface area contributed by atoms with Gasteiger partial charge in [-0.2, -0.15) is 0 Å². The lowest BCUT2D eigenvalue weighted by Gasteiger charge is -2.21. The SMILES string of the molecule is CC(CO)NC(=O)c1cccc2c1OCCO2. The molecule has 0 bridgehead atoms. The summed E-state index contributed by atoms with van der Waals surface area (Å²) in [5.74, 6) is 0.788. The Kier molecular flexibility index (Phi) is 3.49. The molecule has 2 rings (SSSR count). The average molecular weight is 237 g/mol. The fourth-order valence-corrected chi connectivity index (χ4v) is 1.60. The number of aliphatic hydroxyl groups is 1. The largest absolute Gasteiger partial charge is 0.486 e. The molecular weight excluding hydrogens is 222 g/mol. The van der Waals surface area contributed by atoms with Crippen LogP contribution < -0.4 is 14.8 Å². The number of aliphatic hydroxyl groups excluding tert-OH is 1. The normalized spacial score (nSPS) is 15.2. The molecule has 5 heteroatoms. The van der Waals surface area contributed by atoms with Gasteiger partial charge >= 0.3 is 0 Å². The molecule has 1 aromatic carbocycles. The minimum atomic E-state index is -0.289. The summed E-state index contributed by atoms with van der Waals surface area (Å²) in [4.78, 5) is 11.9. The molecule has 1 aliphatic rings. The molecule has 17 heavy (non-hydrogen) atoms. The molecule has 0 saturated heterocycles. The number of nitrogens with one attached hydrogen (secondary N) is 1. The lowest BCUT2D eigenvalue weighted by Crippen LogP contribution is -2.35. The maximum Gasteiger partial charge on any atom is 0.255 e. The maximum absolute atomic E-state index is 11.9. The summed E-state index contributed by atoms with van der Waals surface area (Å²) in [5, 5.41) is 11.6.